The van der Waals surface area contributed by atoms with Crippen LogP contribution in [0.3, 0.4) is 0 Å². The number of nitrogens with two attached hydrogens (primary N) is 1. The topological polar surface area (TPSA) is 26.0 Å². The van der Waals surface area contributed by atoms with Crippen molar-refractivity contribution in [3.05, 3.63) is 12.7 Å². The Morgan fingerprint density at radius 1 is 0.824 bits per heavy atom. The van der Waals surface area contributed by atoms with Gasteiger partial charge >= 0.3 is 0 Å². The maximum atomic E-state index is 4.91. The summed E-state index contributed by atoms with van der Waals surface area (Å²) in [6.07, 6.45) is 18.6. The van der Waals surface area contributed by atoms with Crippen LogP contribution in [0.1, 0.15) is 70.6 Å². The van der Waals surface area contributed by atoms with Gasteiger partial charge in [-0.3, -0.25) is 0 Å². The largest absolute Gasteiger partial charge is 0.327 e. The fourth-order valence-electron chi connectivity index (χ4n) is 3.32. The fraction of sp³-hybridized carbons (Fsp3) is 0.875. The summed E-state index contributed by atoms with van der Waals surface area (Å²) in [5, 5.41) is 0. The molecule has 1 heteroatoms. The third-order valence-electron chi connectivity index (χ3n) is 4.28. The molecular formula is C16H31N. The van der Waals surface area contributed by atoms with Crippen molar-refractivity contribution < 1.29 is 0 Å². The lowest BCUT2D eigenvalue weighted by Gasteiger charge is -2.28. The number of hydrogen-bond donors (Lipinski definition) is 1. The molecule has 0 aromatic rings. The van der Waals surface area contributed by atoms with E-state index in [9.17, 15) is 0 Å². The monoisotopic (exact) mass is 237 g/mol. The van der Waals surface area contributed by atoms with E-state index in [1.165, 1.54) is 38.5 Å². The highest BCUT2D eigenvalue weighted by Crippen LogP contribution is 2.34. The minimum absolute atomic E-state index is 0.583. The molecule has 2 aliphatic carbocycles. The van der Waals surface area contributed by atoms with Gasteiger partial charge < -0.3 is 5.73 Å². The van der Waals surface area contributed by atoms with Crippen molar-refractivity contribution >= 4 is 0 Å². The molecule has 17 heavy (non-hydrogen) atoms. The molecule has 0 unspecified atom stereocenters. The molecule has 0 aromatic carbocycles. The summed E-state index contributed by atoms with van der Waals surface area (Å²) in [5.74, 6) is 2.24. The van der Waals surface area contributed by atoms with Crippen molar-refractivity contribution in [2.45, 2.75) is 70.6 Å². The van der Waals surface area contributed by atoms with Crippen LogP contribution in [0.25, 0.3) is 0 Å². The molecule has 0 radical (unpaired) electrons. The first kappa shape index (κ1) is 14.8. The van der Waals surface area contributed by atoms with E-state index in [0.717, 1.165) is 11.8 Å². The van der Waals surface area contributed by atoms with Crippen LogP contribution >= 0.6 is 0 Å². The van der Waals surface area contributed by atoms with Crippen LogP contribution in [-0.2, 0) is 0 Å². The molecule has 0 saturated heterocycles. The normalized spacial score (nSPS) is 22.6. The van der Waals surface area contributed by atoms with E-state index in [-0.39, 0.29) is 0 Å². The van der Waals surface area contributed by atoms with Gasteiger partial charge in [0.15, 0.2) is 0 Å². The zero-order valence-electron chi connectivity index (χ0n) is 11.5. The molecule has 0 spiro atoms. The highest BCUT2D eigenvalue weighted by atomic mass is 14.5. The van der Waals surface area contributed by atoms with Gasteiger partial charge in [-0.1, -0.05) is 70.3 Å². The molecule has 2 N–H and O–H groups in total. The fourth-order valence-corrected chi connectivity index (χ4v) is 3.32. The molecule has 0 heterocycles. The SMILES string of the molecule is C1CCC(CC2CCCCC2)CC1.C=CCN. The third-order valence-corrected chi connectivity index (χ3v) is 4.28. The van der Waals surface area contributed by atoms with E-state index < -0.39 is 0 Å². The zero-order chi connectivity index (χ0) is 12.3. The van der Waals surface area contributed by atoms with Crippen LogP contribution in [-0.4, -0.2) is 6.54 Å². The van der Waals surface area contributed by atoms with Gasteiger partial charge in [0, 0.05) is 6.54 Å². The summed E-state index contributed by atoms with van der Waals surface area (Å²) in [5.41, 5.74) is 4.91. The smallest absolute Gasteiger partial charge is 0.0104 e. The number of hydrogen-bond acceptors (Lipinski definition) is 1. The van der Waals surface area contributed by atoms with Crippen molar-refractivity contribution in [1.29, 1.82) is 0 Å². The van der Waals surface area contributed by atoms with E-state index in [0.29, 0.717) is 6.54 Å². The quantitative estimate of drug-likeness (QED) is 0.709. The highest BCUT2D eigenvalue weighted by Gasteiger charge is 2.20. The average Bonchev–Trinajstić information content (AvgIpc) is 2.41. The molecule has 2 fully saturated rings. The minimum atomic E-state index is 0.583. The molecule has 0 aliphatic heterocycles. The Kier molecular flexibility index (Phi) is 8.42. The van der Waals surface area contributed by atoms with Gasteiger partial charge in [-0.05, 0) is 18.3 Å². The van der Waals surface area contributed by atoms with E-state index in [1.807, 2.05) is 0 Å². The van der Waals surface area contributed by atoms with Crippen LogP contribution in [0.15, 0.2) is 12.7 Å². The molecule has 2 rings (SSSR count). The van der Waals surface area contributed by atoms with Crippen LogP contribution in [0.5, 0.6) is 0 Å². The lowest BCUT2D eigenvalue weighted by molar-refractivity contribution is 0.244. The van der Waals surface area contributed by atoms with E-state index in [4.69, 9.17) is 5.73 Å². The maximum absolute atomic E-state index is 4.91. The summed E-state index contributed by atoms with van der Waals surface area (Å²) in [7, 11) is 0. The molecule has 0 bridgehead atoms. The van der Waals surface area contributed by atoms with E-state index >= 15 is 0 Å². The van der Waals surface area contributed by atoms with Crippen LogP contribution in [0.2, 0.25) is 0 Å². The van der Waals surface area contributed by atoms with Gasteiger partial charge in [0.2, 0.25) is 0 Å². The van der Waals surface area contributed by atoms with Crippen LogP contribution in [0, 0.1) is 11.8 Å². The van der Waals surface area contributed by atoms with Crippen molar-refractivity contribution in [2.75, 3.05) is 6.54 Å². The molecule has 1 nitrogen and oxygen atoms in total. The Morgan fingerprint density at radius 3 is 1.47 bits per heavy atom. The second-order valence-corrected chi connectivity index (χ2v) is 5.77. The first-order valence-corrected chi connectivity index (χ1v) is 7.67. The Hall–Kier alpha value is -0.300. The van der Waals surface area contributed by atoms with E-state index in [2.05, 4.69) is 6.58 Å². The average molecular weight is 237 g/mol. The summed E-state index contributed by atoms with van der Waals surface area (Å²) in [6, 6.07) is 0. The number of rotatable bonds is 3. The van der Waals surface area contributed by atoms with Gasteiger partial charge in [-0.25, -0.2) is 0 Å². The van der Waals surface area contributed by atoms with Crippen molar-refractivity contribution in [1.82, 2.24) is 0 Å². The summed E-state index contributed by atoms with van der Waals surface area (Å²) >= 11 is 0. The second-order valence-electron chi connectivity index (χ2n) is 5.77. The van der Waals surface area contributed by atoms with Crippen molar-refractivity contribution in [2.24, 2.45) is 17.6 Å². The molecule has 0 aromatic heterocycles. The lowest BCUT2D eigenvalue weighted by Crippen LogP contribution is -2.14. The van der Waals surface area contributed by atoms with Gasteiger partial charge in [-0.2, -0.15) is 0 Å². The molecule has 0 atom stereocenters. The van der Waals surface area contributed by atoms with Gasteiger partial charge in [0.05, 0.1) is 0 Å². The molecule has 2 saturated carbocycles. The molecular weight excluding hydrogens is 206 g/mol. The molecule has 0 amide bonds. The Labute approximate surface area is 108 Å². The minimum Gasteiger partial charge on any atom is -0.327 e. The Balaban J connectivity index is 0.000000317. The van der Waals surface area contributed by atoms with Crippen LogP contribution in [0.4, 0.5) is 0 Å². The van der Waals surface area contributed by atoms with Gasteiger partial charge in [0.1, 0.15) is 0 Å². The van der Waals surface area contributed by atoms with Crippen molar-refractivity contribution in [3.63, 3.8) is 0 Å². The summed E-state index contributed by atoms with van der Waals surface area (Å²) in [4.78, 5) is 0. The van der Waals surface area contributed by atoms with Crippen molar-refractivity contribution in [3.8, 4) is 0 Å². The Bertz CT molecular complexity index is 160. The molecule has 100 valence electrons. The second kappa shape index (κ2) is 9.70. The summed E-state index contributed by atoms with van der Waals surface area (Å²) < 4.78 is 0. The van der Waals surface area contributed by atoms with Gasteiger partial charge in [-0.15, -0.1) is 6.58 Å². The zero-order valence-corrected chi connectivity index (χ0v) is 11.5. The summed E-state index contributed by atoms with van der Waals surface area (Å²) in [6.45, 7) is 3.94. The Morgan fingerprint density at radius 2 is 1.18 bits per heavy atom. The third kappa shape index (κ3) is 6.88. The van der Waals surface area contributed by atoms with E-state index in [1.54, 1.807) is 38.2 Å². The first-order valence-electron chi connectivity index (χ1n) is 7.67. The predicted molar refractivity (Wildman–Crippen MR) is 77.0 cm³/mol. The first-order chi connectivity index (χ1) is 8.36. The molecule has 2 aliphatic rings. The maximum Gasteiger partial charge on any atom is 0.0104 e. The predicted octanol–water partition coefficient (Wildman–Crippen LogP) is 4.67. The highest BCUT2D eigenvalue weighted by molar-refractivity contribution is 4.73. The standard InChI is InChI=1S/C13H24.C3H7N/c1-3-7-12(8-4-1)11-13-9-5-2-6-10-13;1-2-3-4/h12-13H,1-11H2;2H,1,3-4H2. The van der Waals surface area contributed by atoms with Gasteiger partial charge in [0.25, 0.3) is 0 Å². The lowest BCUT2D eigenvalue weighted by atomic mass is 9.78. The van der Waals surface area contributed by atoms with Crippen LogP contribution < -0.4 is 5.73 Å².